The van der Waals surface area contributed by atoms with Gasteiger partial charge in [-0.1, -0.05) is 30.3 Å². The number of carbonyl (C=O) groups is 1. The number of benzene rings is 2. The highest BCUT2D eigenvalue weighted by Crippen LogP contribution is 2.31. The summed E-state index contributed by atoms with van der Waals surface area (Å²) in [5.74, 6) is -0.728. The predicted molar refractivity (Wildman–Crippen MR) is 121 cm³/mol. The van der Waals surface area contributed by atoms with Crippen molar-refractivity contribution in [2.24, 2.45) is 0 Å². The first-order valence-corrected chi connectivity index (χ1v) is 12.2. The molecule has 1 aromatic heterocycles. The van der Waals surface area contributed by atoms with Crippen molar-refractivity contribution in [1.82, 2.24) is 14.6 Å². The van der Waals surface area contributed by atoms with Gasteiger partial charge in [-0.25, -0.2) is 12.8 Å². The van der Waals surface area contributed by atoms with E-state index in [-0.39, 0.29) is 30.4 Å². The van der Waals surface area contributed by atoms with Crippen molar-refractivity contribution < 1.29 is 22.3 Å². The highest BCUT2D eigenvalue weighted by Gasteiger charge is 2.24. The van der Waals surface area contributed by atoms with Crippen LogP contribution in [0.3, 0.4) is 0 Å². The molecule has 2 heterocycles. The summed E-state index contributed by atoms with van der Waals surface area (Å²) in [7, 11) is -3.42. The average Bonchev–Trinajstić information content (AvgIpc) is 3.16. The molecule has 0 bridgehead atoms. The summed E-state index contributed by atoms with van der Waals surface area (Å²) < 4.78 is 45.2. The summed E-state index contributed by atoms with van der Waals surface area (Å²) in [6, 6.07) is 14.3. The van der Waals surface area contributed by atoms with Crippen LogP contribution in [0.5, 0.6) is 0 Å². The molecule has 0 aliphatic carbocycles. The predicted octanol–water partition coefficient (Wildman–Crippen LogP) is 2.68. The quantitative estimate of drug-likeness (QED) is 0.542. The Bertz CT molecular complexity index is 1190. The Kier molecular flexibility index (Phi) is 6.88. The van der Waals surface area contributed by atoms with Crippen molar-refractivity contribution in [2.75, 3.05) is 38.6 Å². The monoisotopic (exact) mass is 459 g/mol. The lowest BCUT2D eigenvalue weighted by Gasteiger charge is -2.26. The normalized spacial score (nSPS) is 15.2. The van der Waals surface area contributed by atoms with Crippen molar-refractivity contribution in [1.29, 1.82) is 0 Å². The molecule has 0 saturated carbocycles. The van der Waals surface area contributed by atoms with E-state index in [1.54, 1.807) is 6.07 Å². The molecule has 1 aliphatic heterocycles. The highest BCUT2D eigenvalue weighted by molar-refractivity contribution is 7.89. The Morgan fingerprint density at radius 3 is 2.62 bits per heavy atom. The summed E-state index contributed by atoms with van der Waals surface area (Å²) in [5, 5.41) is 3.44. The average molecular weight is 460 g/mol. The molecule has 0 spiro atoms. The highest BCUT2D eigenvalue weighted by atomic mass is 32.2. The zero-order chi connectivity index (χ0) is 22.6. The number of aromatic amines is 1. The van der Waals surface area contributed by atoms with Gasteiger partial charge in [0, 0.05) is 42.7 Å². The lowest BCUT2D eigenvalue weighted by atomic mass is 10.0. The second kappa shape index (κ2) is 9.81. The van der Waals surface area contributed by atoms with Gasteiger partial charge < -0.3 is 15.0 Å². The van der Waals surface area contributed by atoms with Crippen molar-refractivity contribution in [3.05, 3.63) is 59.9 Å². The van der Waals surface area contributed by atoms with Crippen LogP contribution in [0.1, 0.15) is 12.0 Å². The number of aromatic nitrogens is 1. The Hall–Kier alpha value is -2.75. The van der Waals surface area contributed by atoms with Gasteiger partial charge in [0.05, 0.1) is 19.0 Å². The number of sulfonamides is 1. The van der Waals surface area contributed by atoms with Gasteiger partial charge in [-0.15, -0.1) is 0 Å². The van der Waals surface area contributed by atoms with Gasteiger partial charge in [-0.05, 0) is 35.7 Å². The third-order valence-electron chi connectivity index (χ3n) is 5.58. The van der Waals surface area contributed by atoms with Gasteiger partial charge >= 0.3 is 0 Å². The van der Waals surface area contributed by atoms with Crippen LogP contribution in [0, 0.1) is 5.82 Å². The molecule has 1 aliphatic rings. The molecule has 0 atom stereocenters. The number of halogens is 1. The summed E-state index contributed by atoms with van der Waals surface area (Å²) in [4.78, 5) is 15.8. The van der Waals surface area contributed by atoms with E-state index >= 15 is 0 Å². The lowest BCUT2D eigenvalue weighted by Crippen LogP contribution is -2.43. The van der Waals surface area contributed by atoms with E-state index in [0.717, 1.165) is 27.7 Å². The largest absolute Gasteiger partial charge is 0.379 e. The summed E-state index contributed by atoms with van der Waals surface area (Å²) in [6.45, 7) is 1.51. The fourth-order valence-electron chi connectivity index (χ4n) is 3.93. The number of ether oxygens (including phenoxy) is 1. The molecule has 1 amide bonds. The van der Waals surface area contributed by atoms with Gasteiger partial charge in [0.2, 0.25) is 15.9 Å². The molecule has 0 unspecified atom stereocenters. The van der Waals surface area contributed by atoms with Gasteiger partial charge in [0.15, 0.2) is 0 Å². The molecule has 3 aromatic rings. The topological polar surface area (TPSA) is 91.5 Å². The number of hydrogen-bond acceptors (Lipinski definition) is 4. The van der Waals surface area contributed by atoms with E-state index in [2.05, 4.69) is 10.3 Å². The van der Waals surface area contributed by atoms with Crippen molar-refractivity contribution in [3.8, 4) is 11.3 Å². The number of hydrogen-bond donors (Lipinski definition) is 2. The van der Waals surface area contributed by atoms with Crippen LogP contribution in [-0.4, -0.2) is 62.2 Å². The molecule has 2 aromatic carbocycles. The molecular weight excluding hydrogens is 433 g/mol. The van der Waals surface area contributed by atoms with Crippen LogP contribution >= 0.6 is 0 Å². The molecular formula is C23H26FN3O4S. The second-order valence-electron chi connectivity index (χ2n) is 7.71. The Labute approximate surface area is 186 Å². The first-order valence-electron chi connectivity index (χ1n) is 10.6. The Morgan fingerprint density at radius 2 is 1.88 bits per heavy atom. The van der Waals surface area contributed by atoms with Gasteiger partial charge in [0.1, 0.15) is 5.82 Å². The maximum absolute atomic E-state index is 13.9. The molecule has 4 rings (SSSR count). The molecule has 7 nitrogen and oxygen atoms in total. The maximum atomic E-state index is 13.9. The Balaban J connectivity index is 1.41. The first kappa shape index (κ1) is 22.4. The summed E-state index contributed by atoms with van der Waals surface area (Å²) >= 11 is 0. The minimum atomic E-state index is -3.42. The van der Waals surface area contributed by atoms with Gasteiger partial charge in [0.25, 0.3) is 0 Å². The molecule has 0 radical (unpaired) electrons. The zero-order valence-electron chi connectivity index (χ0n) is 17.6. The number of amides is 1. The molecule has 1 saturated heterocycles. The fraction of sp³-hybridized carbons (Fsp3) is 0.348. The van der Waals surface area contributed by atoms with Crippen LogP contribution in [-0.2, 0) is 26.0 Å². The van der Waals surface area contributed by atoms with E-state index in [1.165, 1.54) is 16.4 Å². The third kappa shape index (κ3) is 5.17. The van der Waals surface area contributed by atoms with Crippen molar-refractivity contribution in [3.63, 3.8) is 0 Å². The van der Waals surface area contributed by atoms with Gasteiger partial charge in [-0.2, -0.15) is 4.31 Å². The van der Waals surface area contributed by atoms with E-state index in [4.69, 9.17) is 4.74 Å². The number of H-pyrrole nitrogens is 1. The first-order chi connectivity index (χ1) is 15.4. The van der Waals surface area contributed by atoms with Crippen LogP contribution in [0.2, 0.25) is 0 Å². The second-order valence-corrected chi connectivity index (χ2v) is 9.80. The standard InChI is InChI=1S/C23H26FN3O4S/c24-18-6-8-21-20(16-18)19(23(26-21)17-4-2-1-3-5-17)7-9-22(28)25-10-15-32(29,30)27-11-13-31-14-12-27/h1-6,8,16,26H,7,9-15H2,(H,25,28). The van der Waals surface area contributed by atoms with E-state index in [0.29, 0.717) is 32.7 Å². The molecule has 32 heavy (non-hydrogen) atoms. The number of nitrogens with one attached hydrogen (secondary N) is 2. The summed E-state index contributed by atoms with van der Waals surface area (Å²) in [6.07, 6.45) is 0.566. The fourth-order valence-corrected chi connectivity index (χ4v) is 5.25. The van der Waals surface area contributed by atoms with E-state index < -0.39 is 10.0 Å². The number of morpholine rings is 1. The smallest absolute Gasteiger partial charge is 0.220 e. The van der Waals surface area contributed by atoms with Crippen LogP contribution in [0.15, 0.2) is 48.5 Å². The molecule has 2 N–H and O–H groups in total. The van der Waals surface area contributed by atoms with Crippen LogP contribution in [0.4, 0.5) is 4.39 Å². The third-order valence-corrected chi connectivity index (χ3v) is 7.45. The van der Waals surface area contributed by atoms with Crippen molar-refractivity contribution >= 4 is 26.8 Å². The molecule has 170 valence electrons. The Morgan fingerprint density at radius 1 is 1.12 bits per heavy atom. The summed E-state index contributed by atoms with van der Waals surface area (Å²) in [5.41, 5.74) is 3.48. The minimum Gasteiger partial charge on any atom is -0.379 e. The maximum Gasteiger partial charge on any atom is 0.220 e. The van der Waals surface area contributed by atoms with E-state index in [9.17, 15) is 17.6 Å². The number of rotatable bonds is 8. The molecule has 9 heteroatoms. The molecule has 1 fully saturated rings. The van der Waals surface area contributed by atoms with Crippen LogP contribution in [0.25, 0.3) is 22.2 Å². The number of fused-ring (bicyclic) bond motifs is 1. The SMILES string of the molecule is O=C(CCc1c(-c2ccccc2)[nH]c2ccc(F)cc12)NCCS(=O)(=O)N1CCOCC1. The van der Waals surface area contributed by atoms with E-state index in [1.807, 2.05) is 30.3 Å². The van der Waals surface area contributed by atoms with Gasteiger partial charge in [-0.3, -0.25) is 4.79 Å². The van der Waals surface area contributed by atoms with Crippen molar-refractivity contribution in [2.45, 2.75) is 12.8 Å². The zero-order valence-corrected chi connectivity index (χ0v) is 18.5. The minimum absolute atomic E-state index is 0.0482. The lowest BCUT2D eigenvalue weighted by molar-refractivity contribution is -0.120. The number of nitrogens with zero attached hydrogens (tertiary/aromatic N) is 1. The van der Waals surface area contributed by atoms with Crippen LogP contribution < -0.4 is 5.32 Å². The number of aryl methyl sites for hydroxylation is 1. The number of carbonyl (C=O) groups excluding carboxylic acids is 1.